The van der Waals surface area contributed by atoms with Crippen LogP contribution >= 0.6 is 11.3 Å². The average Bonchev–Trinajstić information content (AvgIpc) is 2.58. The number of aromatic nitrogens is 1. The molecule has 2 aromatic rings. The van der Waals surface area contributed by atoms with Gasteiger partial charge in [-0.2, -0.15) is 0 Å². The molecule has 84 valence electrons. The van der Waals surface area contributed by atoms with Crippen molar-refractivity contribution in [3.8, 4) is 0 Å². The molecular formula is C13H16N2S. The van der Waals surface area contributed by atoms with E-state index in [0.717, 1.165) is 10.7 Å². The molecule has 1 aromatic carbocycles. The van der Waals surface area contributed by atoms with E-state index in [9.17, 15) is 0 Å². The van der Waals surface area contributed by atoms with Crippen molar-refractivity contribution in [1.82, 2.24) is 4.98 Å². The van der Waals surface area contributed by atoms with Crippen LogP contribution in [0.25, 0.3) is 0 Å². The van der Waals surface area contributed by atoms with E-state index in [0.29, 0.717) is 0 Å². The average molecular weight is 232 g/mol. The van der Waals surface area contributed by atoms with Gasteiger partial charge in [0.2, 0.25) is 0 Å². The Labute approximate surface area is 100 Å². The van der Waals surface area contributed by atoms with Crippen LogP contribution in [-0.2, 0) is 0 Å². The van der Waals surface area contributed by atoms with Crippen molar-refractivity contribution in [3.63, 3.8) is 0 Å². The standard InChI is InChI=1S/C13H16N2S/c1-8-6-4-5-7-11(8)12(14)13-9(2)15-10(3)16-13/h4-7,12H,14H2,1-3H3. The van der Waals surface area contributed by atoms with E-state index in [-0.39, 0.29) is 6.04 Å². The van der Waals surface area contributed by atoms with E-state index in [2.05, 4.69) is 24.0 Å². The van der Waals surface area contributed by atoms with Gasteiger partial charge < -0.3 is 5.73 Å². The zero-order valence-corrected chi connectivity index (χ0v) is 10.6. The molecule has 0 radical (unpaired) electrons. The fourth-order valence-electron chi connectivity index (χ4n) is 1.91. The summed E-state index contributed by atoms with van der Waals surface area (Å²) in [6.07, 6.45) is 0. The van der Waals surface area contributed by atoms with Gasteiger partial charge in [-0.1, -0.05) is 24.3 Å². The monoisotopic (exact) mass is 232 g/mol. The smallest absolute Gasteiger partial charge is 0.0900 e. The zero-order valence-electron chi connectivity index (χ0n) is 9.82. The Kier molecular flexibility index (Phi) is 3.08. The Morgan fingerprint density at radius 1 is 1.19 bits per heavy atom. The van der Waals surface area contributed by atoms with Crippen LogP contribution in [0.1, 0.15) is 32.7 Å². The van der Waals surface area contributed by atoms with Gasteiger partial charge in [0.05, 0.1) is 16.7 Å². The van der Waals surface area contributed by atoms with Gasteiger partial charge in [-0.3, -0.25) is 0 Å². The fourth-order valence-corrected chi connectivity index (χ4v) is 2.86. The third-order valence-electron chi connectivity index (χ3n) is 2.75. The molecule has 0 amide bonds. The Morgan fingerprint density at radius 3 is 2.44 bits per heavy atom. The summed E-state index contributed by atoms with van der Waals surface area (Å²) in [6, 6.07) is 8.21. The molecule has 1 atom stereocenters. The van der Waals surface area contributed by atoms with E-state index in [1.807, 2.05) is 26.0 Å². The topological polar surface area (TPSA) is 38.9 Å². The normalized spacial score (nSPS) is 12.8. The van der Waals surface area contributed by atoms with Crippen molar-refractivity contribution in [2.45, 2.75) is 26.8 Å². The van der Waals surface area contributed by atoms with Crippen LogP contribution in [0, 0.1) is 20.8 Å². The Hall–Kier alpha value is -1.19. The molecular weight excluding hydrogens is 216 g/mol. The SMILES string of the molecule is Cc1nc(C)c(C(N)c2ccccc2C)s1. The lowest BCUT2D eigenvalue weighted by molar-refractivity contribution is 0.867. The van der Waals surface area contributed by atoms with Crippen LogP contribution in [0.2, 0.25) is 0 Å². The minimum absolute atomic E-state index is 0.0487. The van der Waals surface area contributed by atoms with Gasteiger partial charge in [0.25, 0.3) is 0 Å². The summed E-state index contributed by atoms with van der Waals surface area (Å²) < 4.78 is 0. The molecule has 0 saturated heterocycles. The van der Waals surface area contributed by atoms with Gasteiger partial charge in [0.1, 0.15) is 0 Å². The third kappa shape index (κ3) is 2.01. The van der Waals surface area contributed by atoms with Crippen LogP contribution in [0.4, 0.5) is 0 Å². The Bertz CT molecular complexity index is 502. The van der Waals surface area contributed by atoms with Crippen molar-refractivity contribution < 1.29 is 0 Å². The lowest BCUT2D eigenvalue weighted by atomic mass is 10.0. The van der Waals surface area contributed by atoms with Crippen LogP contribution in [0.15, 0.2) is 24.3 Å². The maximum absolute atomic E-state index is 6.30. The third-order valence-corrected chi connectivity index (χ3v) is 3.90. The first kappa shape index (κ1) is 11.3. The molecule has 3 heteroatoms. The van der Waals surface area contributed by atoms with Gasteiger partial charge in [-0.15, -0.1) is 11.3 Å². The highest BCUT2D eigenvalue weighted by molar-refractivity contribution is 7.11. The predicted octanol–water partition coefficient (Wildman–Crippen LogP) is 3.12. The molecule has 1 aromatic heterocycles. The highest BCUT2D eigenvalue weighted by Gasteiger charge is 2.16. The molecule has 2 nitrogen and oxygen atoms in total. The second-order valence-electron chi connectivity index (χ2n) is 4.02. The fraction of sp³-hybridized carbons (Fsp3) is 0.308. The van der Waals surface area contributed by atoms with Gasteiger partial charge in [-0.25, -0.2) is 4.98 Å². The van der Waals surface area contributed by atoms with Crippen molar-refractivity contribution >= 4 is 11.3 Å². The summed E-state index contributed by atoms with van der Waals surface area (Å²) in [4.78, 5) is 5.60. The second-order valence-corrected chi connectivity index (χ2v) is 5.25. The summed E-state index contributed by atoms with van der Waals surface area (Å²) in [5.41, 5.74) is 9.78. The van der Waals surface area contributed by atoms with E-state index in [1.165, 1.54) is 16.0 Å². The highest BCUT2D eigenvalue weighted by atomic mass is 32.1. The van der Waals surface area contributed by atoms with E-state index in [4.69, 9.17) is 5.73 Å². The summed E-state index contributed by atoms with van der Waals surface area (Å²) in [7, 11) is 0. The first-order valence-corrected chi connectivity index (χ1v) is 6.16. The lowest BCUT2D eigenvalue weighted by Crippen LogP contribution is -2.12. The van der Waals surface area contributed by atoms with E-state index in [1.54, 1.807) is 11.3 Å². The molecule has 0 fully saturated rings. The molecule has 2 N–H and O–H groups in total. The van der Waals surface area contributed by atoms with Crippen molar-refractivity contribution in [2.24, 2.45) is 5.73 Å². The molecule has 0 aliphatic carbocycles. The van der Waals surface area contributed by atoms with E-state index < -0.39 is 0 Å². The highest BCUT2D eigenvalue weighted by Crippen LogP contribution is 2.29. The molecule has 2 rings (SSSR count). The molecule has 1 unspecified atom stereocenters. The van der Waals surface area contributed by atoms with Crippen LogP contribution in [0.5, 0.6) is 0 Å². The predicted molar refractivity (Wildman–Crippen MR) is 68.8 cm³/mol. The first-order valence-electron chi connectivity index (χ1n) is 5.34. The summed E-state index contributed by atoms with van der Waals surface area (Å²) in [5.74, 6) is 0. The van der Waals surface area contributed by atoms with Gasteiger partial charge in [0.15, 0.2) is 0 Å². The van der Waals surface area contributed by atoms with Crippen LogP contribution < -0.4 is 5.73 Å². The van der Waals surface area contributed by atoms with Crippen molar-refractivity contribution in [2.75, 3.05) is 0 Å². The van der Waals surface area contributed by atoms with Gasteiger partial charge in [0, 0.05) is 4.88 Å². The number of hydrogen-bond donors (Lipinski definition) is 1. The molecule has 0 bridgehead atoms. The first-order chi connectivity index (χ1) is 7.59. The lowest BCUT2D eigenvalue weighted by Gasteiger charge is -2.13. The molecule has 16 heavy (non-hydrogen) atoms. The molecule has 0 aliphatic rings. The van der Waals surface area contributed by atoms with Crippen molar-refractivity contribution in [1.29, 1.82) is 0 Å². The summed E-state index contributed by atoms with van der Waals surface area (Å²) in [6.45, 7) is 6.14. The number of hydrogen-bond acceptors (Lipinski definition) is 3. The zero-order chi connectivity index (χ0) is 11.7. The number of nitrogens with zero attached hydrogens (tertiary/aromatic N) is 1. The van der Waals surface area contributed by atoms with Crippen LogP contribution in [-0.4, -0.2) is 4.98 Å². The number of thiazole rings is 1. The largest absolute Gasteiger partial charge is 0.320 e. The molecule has 1 heterocycles. The molecule has 0 saturated carbocycles. The maximum Gasteiger partial charge on any atom is 0.0900 e. The molecule has 0 spiro atoms. The van der Waals surface area contributed by atoms with E-state index >= 15 is 0 Å². The second kappa shape index (κ2) is 4.36. The maximum atomic E-state index is 6.30. The number of nitrogens with two attached hydrogens (primary N) is 1. The Balaban J connectivity index is 2.43. The summed E-state index contributed by atoms with van der Waals surface area (Å²) >= 11 is 1.69. The minimum Gasteiger partial charge on any atom is -0.320 e. The Morgan fingerprint density at radius 2 is 1.88 bits per heavy atom. The molecule has 0 aliphatic heterocycles. The van der Waals surface area contributed by atoms with Gasteiger partial charge >= 0.3 is 0 Å². The minimum atomic E-state index is -0.0487. The van der Waals surface area contributed by atoms with Gasteiger partial charge in [-0.05, 0) is 31.9 Å². The quantitative estimate of drug-likeness (QED) is 0.864. The summed E-state index contributed by atoms with van der Waals surface area (Å²) in [5, 5.41) is 1.08. The van der Waals surface area contributed by atoms with Crippen molar-refractivity contribution in [3.05, 3.63) is 51.0 Å². The number of benzene rings is 1. The van der Waals surface area contributed by atoms with Crippen LogP contribution in [0.3, 0.4) is 0 Å². The number of aryl methyl sites for hydroxylation is 3. The number of rotatable bonds is 2.